The fraction of sp³-hybridized carbons (Fsp3) is 0.500. The van der Waals surface area contributed by atoms with Crippen molar-refractivity contribution in [2.75, 3.05) is 25.6 Å². The number of nitrogens with zero attached hydrogens (tertiary/aromatic N) is 1. The highest BCUT2D eigenvalue weighted by Crippen LogP contribution is 2.20. The first-order chi connectivity index (χ1) is 7.36. The first-order valence-corrected chi connectivity index (χ1v) is 5.77. The Bertz CT molecular complexity index is 318. The zero-order valence-corrected chi connectivity index (χ0v) is 9.00. The van der Waals surface area contributed by atoms with Gasteiger partial charge in [-0.05, 0) is 12.1 Å². The van der Waals surface area contributed by atoms with Crippen LogP contribution in [-0.2, 0) is 9.47 Å². The van der Waals surface area contributed by atoms with Crippen molar-refractivity contribution in [2.24, 2.45) is 0 Å². The average Bonchev–Trinajstić information content (AvgIpc) is 2.29. The molecule has 0 amide bonds. The largest absolute Gasteiger partial charge is 0.376 e. The number of aromatic nitrogens is 1. The van der Waals surface area contributed by atoms with E-state index in [0.29, 0.717) is 30.6 Å². The van der Waals surface area contributed by atoms with Gasteiger partial charge in [-0.25, -0.2) is 9.37 Å². The van der Waals surface area contributed by atoms with E-state index in [1.54, 1.807) is 12.3 Å². The minimum atomic E-state index is -0.278. The Morgan fingerprint density at radius 3 is 3.20 bits per heavy atom. The van der Waals surface area contributed by atoms with Crippen molar-refractivity contribution in [3.63, 3.8) is 0 Å². The van der Waals surface area contributed by atoms with E-state index >= 15 is 0 Å². The lowest BCUT2D eigenvalue weighted by molar-refractivity contribution is -0.0776. The minimum absolute atomic E-state index is 0.0464. The van der Waals surface area contributed by atoms with Crippen LogP contribution in [0.3, 0.4) is 0 Å². The van der Waals surface area contributed by atoms with Gasteiger partial charge < -0.3 is 9.47 Å². The van der Waals surface area contributed by atoms with Gasteiger partial charge in [0, 0.05) is 11.9 Å². The molecular weight excluding hydrogens is 217 g/mol. The van der Waals surface area contributed by atoms with Crippen molar-refractivity contribution < 1.29 is 13.9 Å². The van der Waals surface area contributed by atoms with Crippen molar-refractivity contribution in [3.05, 3.63) is 24.1 Å². The molecule has 1 aliphatic heterocycles. The van der Waals surface area contributed by atoms with Crippen LogP contribution in [0, 0.1) is 5.82 Å². The van der Waals surface area contributed by atoms with Gasteiger partial charge in [0.1, 0.15) is 5.03 Å². The second-order valence-corrected chi connectivity index (χ2v) is 4.18. The number of pyridine rings is 1. The van der Waals surface area contributed by atoms with Gasteiger partial charge in [0.2, 0.25) is 0 Å². The van der Waals surface area contributed by atoms with Crippen molar-refractivity contribution in [1.82, 2.24) is 4.98 Å². The summed E-state index contributed by atoms with van der Waals surface area (Å²) < 4.78 is 23.9. The predicted octanol–water partition coefficient (Wildman–Crippen LogP) is 1.73. The van der Waals surface area contributed by atoms with Crippen molar-refractivity contribution in [2.45, 2.75) is 11.1 Å². The Kier molecular flexibility index (Phi) is 3.94. The molecule has 1 aromatic heterocycles. The van der Waals surface area contributed by atoms with Crippen molar-refractivity contribution in [1.29, 1.82) is 0 Å². The molecule has 1 aliphatic rings. The molecule has 82 valence electrons. The molecule has 15 heavy (non-hydrogen) atoms. The van der Waals surface area contributed by atoms with E-state index in [1.807, 2.05) is 0 Å². The second-order valence-electron chi connectivity index (χ2n) is 3.17. The number of hydrogen-bond donors (Lipinski definition) is 0. The van der Waals surface area contributed by atoms with E-state index in [0.717, 1.165) is 0 Å². The summed E-state index contributed by atoms with van der Waals surface area (Å²) in [6.07, 6.45) is 1.63. The number of rotatable bonds is 3. The predicted molar refractivity (Wildman–Crippen MR) is 55.5 cm³/mol. The molecule has 0 aliphatic carbocycles. The molecule has 2 rings (SSSR count). The van der Waals surface area contributed by atoms with E-state index in [4.69, 9.17) is 9.47 Å². The maximum absolute atomic E-state index is 13.2. The first-order valence-electron chi connectivity index (χ1n) is 4.79. The molecule has 0 N–H and O–H groups in total. The zero-order chi connectivity index (χ0) is 10.5. The summed E-state index contributed by atoms with van der Waals surface area (Å²) in [6, 6.07) is 2.99. The van der Waals surface area contributed by atoms with Gasteiger partial charge in [-0.3, -0.25) is 0 Å². The summed E-state index contributed by atoms with van der Waals surface area (Å²) >= 11 is 1.36. The second kappa shape index (κ2) is 5.44. The van der Waals surface area contributed by atoms with Gasteiger partial charge >= 0.3 is 0 Å². The number of ether oxygens (including phenoxy) is 2. The van der Waals surface area contributed by atoms with Crippen LogP contribution >= 0.6 is 11.8 Å². The monoisotopic (exact) mass is 229 g/mol. The highest BCUT2D eigenvalue weighted by molar-refractivity contribution is 7.99. The summed E-state index contributed by atoms with van der Waals surface area (Å²) in [5.41, 5.74) is 0. The van der Waals surface area contributed by atoms with Crippen molar-refractivity contribution >= 4 is 11.8 Å². The fourth-order valence-corrected chi connectivity index (χ4v) is 2.16. The lowest BCUT2D eigenvalue weighted by Gasteiger charge is -2.22. The van der Waals surface area contributed by atoms with Crippen LogP contribution in [0.2, 0.25) is 0 Å². The molecule has 0 unspecified atom stereocenters. The molecule has 1 fully saturated rings. The molecule has 3 nitrogen and oxygen atoms in total. The average molecular weight is 229 g/mol. The highest BCUT2D eigenvalue weighted by atomic mass is 32.2. The van der Waals surface area contributed by atoms with E-state index in [9.17, 15) is 4.39 Å². The summed E-state index contributed by atoms with van der Waals surface area (Å²) in [7, 11) is 0. The lowest BCUT2D eigenvalue weighted by Crippen LogP contribution is -2.30. The van der Waals surface area contributed by atoms with Crippen LogP contribution < -0.4 is 0 Å². The molecule has 0 saturated carbocycles. The van der Waals surface area contributed by atoms with Gasteiger partial charge in [-0.1, -0.05) is 0 Å². The molecule has 0 spiro atoms. The summed E-state index contributed by atoms with van der Waals surface area (Å²) in [6.45, 7) is 1.86. The Morgan fingerprint density at radius 2 is 2.47 bits per heavy atom. The molecule has 1 atom stereocenters. The van der Waals surface area contributed by atoms with Gasteiger partial charge in [-0.15, -0.1) is 11.8 Å². The fourth-order valence-electron chi connectivity index (χ4n) is 1.28. The highest BCUT2D eigenvalue weighted by Gasteiger charge is 2.15. The van der Waals surface area contributed by atoms with E-state index in [-0.39, 0.29) is 11.9 Å². The topological polar surface area (TPSA) is 31.4 Å². The first kappa shape index (κ1) is 10.9. The van der Waals surface area contributed by atoms with Gasteiger partial charge in [0.05, 0.1) is 25.9 Å². The quantitative estimate of drug-likeness (QED) is 0.739. The third-order valence-electron chi connectivity index (χ3n) is 2.02. The van der Waals surface area contributed by atoms with Crippen LogP contribution in [0.15, 0.2) is 23.4 Å². The molecule has 0 aromatic carbocycles. The SMILES string of the molecule is Fc1cccnc1SC[C@@H]1COCCO1. The molecule has 0 radical (unpaired) electrons. The molecule has 5 heteroatoms. The zero-order valence-electron chi connectivity index (χ0n) is 8.19. The third kappa shape index (κ3) is 3.15. The van der Waals surface area contributed by atoms with E-state index in [1.165, 1.54) is 17.8 Å². The Hall–Kier alpha value is -0.650. The van der Waals surface area contributed by atoms with E-state index < -0.39 is 0 Å². The number of halogens is 1. The number of thioether (sulfide) groups is 1. The normalized spacial score (nSPS) is 21.5. The Morgan fingerprint density at radius 1 is 1.53 bits per heavy atom. The summed E-state index contributed by atoms with van der Waals surface area (Å²) in [4.78, 5) is 3.95. The smallest absolute Gasteiger partial charge is 0.155 e. The number of hydrogen-bond acceptors (Lipinski definition) is 4. The van der Waals surface area contributed by atoms with Gasteiger partial charge in [-0.2, -0.15) is 0 Å². The molecular formula is C10H12FNO2S. The maximum Gasteiger partial charge on any atom is 0.155 e. The summed E-state index contributed by atoms with van der Waals surface area (Å²) in [5.74, 6) is 0.396. The standard InChI is InChI=1S/C10H12FNO2S/c11-9-2-1-3-12-10(9)15-7-8-6-13-4-5-14-8/h1-3,8H,4-7H2/t8-/m0/s1. The minimum Gasteiger partial charge on any atom is -0.376 e. The third-order valence-corrected chi connectivity index (χ3v) is 3.13. The molecule has 1 saturated heterocycles. The molecule has 1 aromatic rings. The van der Waals surface area contributed by atoms with E-state index in [2.05, 4.69) is 4.98 Å². The Labute approximate surface area is 92.0 Å². The maximum atomic E-state index is 13.2. The van der Waals surface area contributed by atoms with Crippen LogP contribution in [0.25, 0.3) is 0 Å². The molecule has 2 heterocycles. The van der Waals surface area contributed by atoms with Crippen LogP contribution in [0.5, 0.6) is 0 Å². The van der Waals surface area contributed by atoms with Crippen LogP contribution in [-0.4, -0.2) is 36.7 Å². The lowest BCUT2D eigenvalue weighted by atomic mass is 10.4. The van der Waals surface area contributed by atoms with Crippen LogP contribution in [0.4, 0.5) is 4.39 Å². The van der Waals surface area contributed by atoms with Crippen molar-refractivity contribution in [3.8, 4) is 0 Å². The van der Waals surface area contributed by atoms with Gasteiger partial charge in [0.25, 0.3) is 0 Å². The summed E-state index contributed by atoms with van der Waals surface area (Å²) in [5, 5.41) is 0.423. The molecule has 0 bridgehead atoms. The van der Waals surface area contributed by atoms with Gasteiger partial charge in [0.15, 0.2) is 5.82 Å². The Balaban J connectivity index is 1.84. The van der Waals surface area contributed by atoms with Crippen LogP contribution in [0.1, 0.15) is 0 Å².